The average molecular weight is 348 g/mol. The number of hydrogen-bond donors (Lipinski definition) is 0. The Morgan fingerprint density at radius 2 is 2.06 bits per heavy atom. The molecule has 0 atom stereocenters. The molecule has 84 valence electrons. The number of fused-ring (bicyclic) bond motifs is 2. The molecule has 16 heavy (non-hydrogen) atoms. The summed E-state index contributed by atoms with van der Waals surface area (Å²) in [4.78, 5) is 4.71. The molecule has 0 N–H and O–H groups in total. The molecule has 1 aliphatic carbocycles. The highest BCUT2D eigenvalue weighted by atomic mass is 127. The van der Waals surface area contributed by atoms with Gasteiger partial charge in [0.15, 0.2) is 5.65 Å². The van der Waals surface area contributed by atoms with E-state index >= 15 is 0 Å². The van der Waals surface area contributed by atoms with Crippen molar-refractivity contribution in [3.05, 3.63) is 25.7 Å². The number of aryl methyl sites for hydroxylation is 2. The fraction of sp³-hybridized carbons (Fsp3) is 0.455. The van der Waals surface area contributed by atoms with Crippen LogP contribution in [0.15, 0.2) is 0 Å². The standard InChI is InChI=1S/C11H11ClIN3/c1-6-9(13)11-14-8-5-3-2-4-7(8)10(12)16(11)15-6/h2-5H2,1H3. The van der Waals surface area contributed by atoms with E-state index in [9.17, 15) is 0 Å². The molecule has 0 unspecified atom stereocenters. The molecule has 0 saturated heterocycles. The first-order chi connectivity index (χ1) is 7.68. The Hall–Kier alpha value is -0.360. The smallest absolute Gasteiger partial charge is 0.170 e. The van der Waals surface area contributed by atoms with Crippen molar-refractivity contribution >= 4 is 39.8 Å². The molecule has 0 fully saturated rings. The van der Waals surface area contributed by atoms with E-state index in [0.717, 1.165) is 32.9 Å². The number of hydrogen-bond acceptors (Lipinski definition) is 2. The van der Waals surface area contributed by atoms with Gasteiger partial charge in [0.2, 0.25) is 0 Å². The van der Waals surface area contributed by atoms with Crippen LogP contribution in [0, 0.1) is 10.5 Å². The first-order valence-electron chi connectivity index (χ1n) is 5.40. The van der Waals surface area contributed by atoms with E-state index in [-0.39, 0.29) is 0 Å². The fourth-order valence-electron chi connectivity index (χ4n) is 2.22. The highest BCUT2D eigenvalue weighted by Crippen LogP contribution is 2.29. The van der Waals surface area contributed by atoms with Crippen molar-refractivity contribution in [2.24, 2.45) is 0 Å². The lowest BCUT2D eigenvalue weighted by molar-refractivity contribution is 0.659. The van der Waals surface area contributed by atoms with Crippen LogP contribution in [-0.2, 0) is 12.8 Å². The molecular formula is C11H11ClIN3. The number of aromatic nitrogens is 3. The van der Waals surface area contributed by atoms with E-state index < -0.39 is 0 Å². The Labute approximate surface area is 112 Å². The monoisotopic (exact) mass is 347 g/mol. The molecule has 1 aliphatic rings. The van der Waals surface area contributed by atoms with Crippen LogP contribution in [0.5, 0.6) is 0 Å². The van der Waals surface area contributed by atoms with Crippen molar-refractivity contribution in [1.82, 2.24) is 14.6 Å². The Balaban J connectivity index is 2.39. The van der Waals surface area contributed by atoms with Crippen LogP contribution in [0.3, 0.4) is 0 Å². The minimum Gasteiger partial charge on any atom is -0.232 e. The predicted molar refractivity (Wildman–Crippen MR) is 72.1 cm³/mol. The van der Waals surface area contributed by atoms with Gasteiger partial charge in [-0.05, 0) is 55.2 Å². The Kier molecular flexibility index (Phi) is 2.58. The molecule has 0 radical (unpaired) electrons. The highest BCUT2D eigenvalue weighted by molar-refractivity contribution is 14.1. The zero-order valence-electron chi connectivity index (χ0n) is 8.93. The van der Waals surface area contributed by atoms with Crippen LogP contribution in [0.1, 0.15) is 29.8 Å². The van der Waals surface area contributed by atoms with Crippen molar-refractivity contribution in [1.29, 1.82) is 0 Å². The zero-order chi connectivity index (χ0) is 11.3. The average Bonchev–Trinajstić information content (AvgIpc) is 2.58. The van der Waals surface area contributed by atoms with Gasteiger partial charge in [0.05, 0.1) is 9.26 Å². The quantitative estimate of drug-likeness (QED) is 0.541. The van der Waals surface area contributed by atoms with Crippen LogP contribution in [0.25, 0.3) is 5.65 Å². The van der Waals surface area contributed by atoms with Gasteiger partial charge in [-0.2, -0.15) is 5.10 Å². The Bertz CT molecular complexity index is 576. The maximum absolute atomic E-state index is 6.40. The van der Waals surface area contributed by atoms with Crippen molar-refractivity contribution < 1.29 is 0 Å². The molecule has 0 aromatic carbocycles. The first-order valence-corrected chi connectivity index (χ1v) is 6.86. The van der Waals surface area contributed by atoms with Gasteiger partial charge in [0.1, 0.15) is 5.15 Å². The second-order valence-corrected chi connectivity index (χ2v) is 5.61. The molecule has 0 bridgehead atoms. The van der Waals surface area contributed by atoms with Gasteiger partial charge in [0, 0.05) is 11.3 Å². The second kappa shape index (κ2) is 3.84. The summed E-state index contributed by atoms with van der Waals surface area (Å²) in [5, 5.41) is 5.19. The molecule has 0 aliphatic heterocycles. The molecule has 2 aromatic rings. The molecule has 2 aromatic heterocycles. The topological polar surface area (TPSA) is 30.2 Å². The first kappa shape index (κ1) is 10.8. The van der Waals surface area contributed by atoms with E-state index in [1.54, 1.807) is 4.52 Å². The van der Waals surface area contributed by atoms with Gasteiger partial charge in [0.25, 0.3) is 0 Å². The summed E-state index contributed by atoms with van der Waals surface area (Å²) in [5.74, 6) is 0. The predicted octanol–water partition coefficient (Wildman–Crippen LogP) is 3.17. The van der Waals surface area contributed by atoms with Crippen LogP contribution in [-0.4, -0.2) is 14.6 Å². The van der Waals surface area contributed by atoms with Gasteiger partial charge in [-0.25, -0.2) is 9.50 Å². The molecule has 3 nitrogen and oxygen atoms in total. The normalized spacial score (nSPS) is 15.4. The Morgan fingerprint density at radius 1 is 1.31 bits per heavy atom. The summed E-state index contributed by atoms with van der Waals surface area (Å²) >= 11 is 8.69. The molecule has 5 heteroatoms. The minimum absolute atomic E-state index is 0.755. The summed E-state index contributed by atoms with van der Waals surface area (Å²) in [6.45, 7) is 1.99. The van der Waals surface area contributed by atoms with E-state index in [0.29, 0.717) is 0 Å². The fourth-order valence-corrected chi connectivity index (χ4v) is 3.00. The van der Waals surface area contributed by atoms with Crippen molar-refractivity contribution in [2.45, 2.75) is 32.6 Å². The molecule has 0 amide bonds. The van der Waals surface area contributed by atoms with Crippen LogP contribution < -0.4 is 0 Å². The SMILES string of the molecule is Cc1nn2c(Cl)c3c(nc2c1I)CCCC3. The summed E-state index contributed by atoms with van der Waals surface area (Å²) in [7, 11) is 0. The van der Waals surface area contributed by atoms with E-state index in [4.69, 9.17) is 16.6 Å². The molecule has 0 spiro atoms. The van der Waals surface area contributed by atoms with Gasteiger partial charge in [-0.1, -0.05) is 11.6 Å². The summed E-state index contributed by atoms with van der Waals surface area (Å²) in [5.41, 5.74) is 4.27. The van der Waals surface area contributed by atoms with Crippen LogP contribution >= 0.6 is 34.2 Å². The summed E-state index contributed by atoms with van der Waals surface area (Å²) in [6.07, 6.45) is 4.51. The highest BCUT2D eigenvalue weighted by Gasteiger charge is 2.20. The van der Waals surface area contributed by atoms with Gasteiger partial charge in [-0.3, -0.25) is 0 Å². The minimum atomic E-state index is 0.755. The summed E-state index contributed by atoms with van der Waals surface area (Å²) < 4.78 is 2.89. The van der Waals surface area contributed by atoms with Gasteiger partial charge < -0.3 is 0 Å². The zero-order valence-corrected chi connectivity index (χ0v) is 11.8. The van der Waals surface area contributed by atoms with E-state index in [1.807, 2.05) is 6.92 Å². The van der Waals surface area contributed by atoms with Gasteiger partial charge in [-0.15, -0.1) is 0 Å². The number of halogens is 2. The van der Waals surface area contributed by atoms with Gasteiger partial charge >= 0.3 is 0 Å². The van der Waals surface area contributed by atoms with Crippen LogP contribution in [0.2, 0.25) is 5.15 Å². The third-order valence-corrected chi connectivity index (χ3v) is 4.73. The molecule has 3 rings (SSSR count). The van der Waals surface area contributed by atoms with Crippen LogP contribution in [0.4, 0.5) is 0 Å². The van der Waals surface area contributed by atoms with Crippen molar-refractivity contribution in [3.8, 4) is 0 Å². The molecular weight excluding hydrogens is 336 g/mol. The molecule has 0 saturated carbocycles. The lowest BCUT2D eigenvalue weighted by Crippen LogP contribution is -2.10. The third kappa shape index (κ3) is 1.46. The third-order valence-electron chi connectivity index (χ3n) is 3.08. The van der Waals surface area contributed by atoms with Crippen molar-refractivity contribution in [2.75, 3.05) is 0 Å². The van der Waals surface area contributed by atoms with Crippen molar-refractivity contribution in [3.63, 3.8) is 0 Å². The Morgan fingerprint density at radius 3 is 2.88 bits per heavy atom. The number of rotatable bonds is 0. The summed E-state index contributed by atoms with van der Waals surface area (Å²) in [6, 6.07) is 0. The van der Waals surface area contributed by atoms with E-state index in [1.165, 1.54) is 24.1 Å². The largest absolute Gasteiger partial charge is 0.232 e. The molecule has 2 heterocycles. The second-order valence-electron chi connectivity index (χ2n) is 4.17. The maximum Gasteiger partial charge on any atom is 0.170 e. The lowest BCUT2D eigenvalue weighted by atomic mass is 9.97. The number of nitrogens with zero attached hydrogens (tertiary/aromatic N) is 3. The lowest BCUT2D eigenvalue weighted by Gasteiger charge is -2.16. The van der Waals surface area contributed by atoms with E-state index in [2.05, 4.69) is 27.7 Å². The maximum atomic E-state index is 6.40.